The van der Waals surface area contributed by atoms with Gasteiger partial charge in [0.1, 0.15) is 0 Å². The Balaban J connectivity index is 3.10. The quantitative estimate of drug-likeness (QED) is 0.481. The van der Waals surface area contributed by atoms with Crippen LogP contribution in [0.25, 0.3) is 0 Å². The molecule has 0 amide bonds. The van der Waals surface area contributed by atoms with Gasteiger partial charge in [0.2, 0.25) is 0 Å². The molecule has 0 aliphatic heterocycles. The first kappa shape index (κ1) is 9.57. The molecular formula is C8H9I2N. The third-order valence-electron chi connectivity index (χ3n) is 1.57. The van der Waals surface area contributed by atoms with E-state index in [0.29, 0.717) is 0 Å². The van der Waals surface area contributed by atoms with E-state index in [9.17, 15) is 0 Å². The fourth-order valence-electron chi connectivity index (χ4n) is 0.899. The summed E-state index contributed by atoms with van der Waals surface area (Å²) in [4.78, 5) is 0. The Hall–Kier alpha value is 0.480. The van der Waals surface area contributed by atoms with Gasteiger partial charge in [0.15, 0.2) is 0 Å². The lowest BCUT2D eigenvalue weighted by molar-refractivity contribution is 1.37. The molecule has 1 aromatic carbocycles. The van der Waals surface area contributed by atoms with Crippen LogP contribution in [0.4, 0.5) is 5.69 Å². The van der Waals surface area contributed by atoms with Crippen LogP contribution in [0, 0.1) is 0 Å². The fourth-order valence-corrected chi connectivity index (χ4v) is 2.23. The fraction of sp³-hybridized carbons (Fsp3) is 0.250. The number of anilines is 1. The second kappa shape index (κ2) is 4.49. The van der Waals surface area contributed by atoms with Crippen LogP contribution in [0.2, 0.25) is 0 Å². The molecule has 1 nitrogen and oxygen atoms in total. The maximum atomic E-state index is 5.89. The van der Waals surface area contributed by atoms with Gasteiger partial charge < -0.3 is 5.73 Å². The molecule has 1 rings (SSSR count). The zero-order chi connectivity index (χ0) is 8.27. The Kier molecular flexibility index (Phi) is 3.91. The van der Waals surface area contributed by atoms with Gasteiger partial charge in [0.05, 0.1) is 0 Å². The summed E-state index contributed by atoms with van der Waals surface area (Å²) in [5, 5.41) is 0. The van der Waals surface area contributed by atoms with Gasteiger partial charge in [-0.25, -0.2) is 0 Å². The van der Waals surface area contributed by atoms with Crippen molar-refractivity contribution in [2.75, 3.05) is 5.73 Å². The SMILES string of the molecule is Nc1c(CI)cccc1CI. The number of rotatable bonds is 2. The van der Waals surface area contributed by atoms with Gasteiger partial charge in [0.25, 0.3) is 0 Å². The Morgan fingerprint density at radius 3 is 1.91 bits per heavy atom. The van der Waals surface area contributed by atoms with E-state index >= 15 is 0 Å². The van der Waals surface area contributed by atoms with Crippen LogP contribution in [-0.4, -0.2) is 0 Å². The van der Waals surface area contributed by atoms with Crippen LogP contribution >= 0.6 is 45.2 Å². The largest absolute Gasteiger partial charge is 0.398 e. The van der Waals surface area contributed by atoms with Crippen LogP contribution in [0.3, 0.4) is 0 Å². The van der Waals surface area contributed by atoms with Crippen LogP contribution in [0.1, 0.15) is 11.1 Å². The molecule has 3 heteroatoms. The van der Waals surface area contributed by atoms with Gasteiger partial charge in [0, 0.05) is 14.5 Å². The van der Waals surface area contributed by atoms with Crippen LogP contribution < -0.4 is 5.73 Å². The summed E-state index contributed by atoms with van der Waals surface area (Å²) in [6.07, 6.45) is 0. The zero-order valence-corrected chi connectivity index (χ0v) is 10.3. The second-order valence-electron chi connectivity index (χ2n) is 2.26. The first-order valence-electron chi connectivity index (χ1n) is 3.27. The standard InChI is InChI=1S/C8H9I2N/c9-4-6-2-1-3-7(5-10)8(6)11/h1-3H,4-5,11H2. The summed E-state index contributed by atoms with van der Waals surface area (Å²) >= 11 is 4.66. The van der Waals surface area contributed by atoms with E-state index in [1.54, 1.807) is 0 Å². The van der Waals surface area contributed by atoms with Crippen molar-refractivity contribution in [2.45, 2.75) is 8.86 Å². The third-order valence-corrected chi connectivity index (χ3v) is 3.22. The van der Waals surface area contributed by atoms with E-state index in [0.717, 1.165) is 14.5 Å². The number of hydrogen-bond donors (Lipinski definition) is 1. The van der Waals surface area contributed by atoms with Crippen molar-refractivity contribution in [3.8, 4) is 0 Å². The molecule has 0 saturated carbocycles. The molecule has 0 atom stereocenters. The Morgan fingerprint density at radius 1 is 1.09 bits per heavy atom. The van der Waals surface area contributed by atoms with Gasteiger partial charge >= 0.3 is 0 Å². The maximum absolute atomic E-state index is 5.89. The van der Waals surface area contributed by atoms with Crippen molar-refractivity contribution in [3.63, 3.8) is 0 Å². The molecule has 1 aromatic rings. The minimum Gasteiger partial charge on any atom is -0.398 e. The molecule has 11 heavy (non-hydrogen) atoms. The molecule has 0 heterocycles. The van der Waals surface area contributed by atoms with Gasteiger partial charge in [-0.2, -0.15) is 0 Å². The van der Waals surface area contributed by atoms with Crippen molar-refractivity contribution >= 4 is 50.9 Å². The van der Waals surface area contributed by atoms with E-state index in [1.165, 1.54) is 11.1 Å². The van der Waals surface area contributed by atoms with Gasteiger partial charge in [-0.05, 0) is 11.1 Å². The molecule has 0 saturated heterocycles. The lowest BCUT2D eigenvalue weighted by atomic mass is 10.1. The smallest absolute Gasteiger partial charge is 0.0394 e. The Morgan fingerprint density at radius 2 is 1.55 bits per heavy atom. The summed E-state index contributed by atoms with van der Waals surface area (Å²) in [6.45, 7) is 0. The molecule has 0 radical (unpaired) electrons. The van der Waals surface area contributed by atoms with Gasteiger partial charge in [-0.3, -0.25) is 0 Å². The molecule has 0 aliphatic carbocycles. The Labute approximate surface area is 94.0 Å². The second-order valence-corrected chi connectivity index (χ2v) is 3.78. The first-order valence-corrected chi connectivity index (χ1v) is 6.33. The topological polar surface area (TPSA) is 26.0 Å². The average molecular weight is 373 g/mol. The molecule has 0 fully saturated rings. The lowest BCUT2D eigenvalue weighted by Crippen LogP contribution is -1.95. The minimum atomic E-state index is 0.969. The van der Waals surface area contributed by atoms with Crippen LogP contribution in [-0.2, 0) is 8.86 Å². The van der Waals surface area contributed by atoms with Crippen molar-refractivity contribution < 1.29 is 0 Å². The zero-order valence-electron chi connectivity index (χ0n) is 5.98. The number of hydrogen-bond acceptors (Lipinski definition) is 1. The molecule has 0 aromatic heterocycles. The predicted molar refractivity (Wildman–Crippen MR) is 66.3 cm³/mol. The highest BCUT2D eigenvalue weighted by Crippen LogP contribution is 2.21. The Bertz CT molecular complexity index is 226. The first-order chi connectivity index (χ1) is 5.29. The minimum absolute atomic E-state index is 0.969. The molecule has 60 valence electrons. The highest BCUT2D eigenvalue weighted by atomic mass is 127. The maximum Gasteiger partial charge on any atom is 0.0394 e. The van der Waals surface area contributed by atoms with Crippen LogP contribution in [0.5, 0.6) is 0 Å². The van der Waals surface area contributed by atoms with Crippen molar-refractivity contribution in [3.05, 3.63) is 29.3 Å². The molecule has 2 N–H and O–H groups in total. The molecule has 0 aliphatic rings. The molecule has 0 bridgehead atoms. The summed E-state index contributed by atoms with van der Waals surface area (Å²) in [5.41, 5.74) is 9.36. The number of halogens is 2. The third kappa shape index (κ3) is 2.21. The number of benzene rings is 1. The predicted octanol–water partition coefficient (Wildman–Crippen LogP) is 3.14. The highest BCUT2D eigenvalue weighted by molar-refractivity contribution is 14.1. The average Bonchev–Trinajstić information content (AvgIpc) is 2.05. The summed E-state index contributed by atoms with van der Waals surface area (Å²) in [7, 11) is 0. The summed E-state index contributed by atoms with van der Waals surface area (Å²) < 4.78 is 1.99. The highest BCUT2D eigenvalue weighted by Gasteiger charge is 2.00. The molecule has 0 unspecified atom stereocenters. The number of nitrogen functional groups attached to an aromatic ring is 1. The van der Waals surface area contributed by atoms with Crippen molar-refractivity contribution in [1.29, 1.82) is 0 Å². The van der Waals surface area contributed by atoms with E-state index in [-0.39, 0.29) is 0 Å². The summed E-state index contributed by atoms with van der Waals surface area (Å²) in [6, 6.07) is 6.23. The van der Waals surface area contributed by atoms with E-state index in [4.69, 9.17) is 5.73 Å². The van der Waals surface area contributed by atoms with Crippen molar-refractivity contribution in [1.82, 2.24) is 0 Å². The van der Waals surface area contributed by atoms with E-state index < -0.39 is 0 Å². The normalized spacial score (nSPS) is 10.0. The number of alkyl halides is 2. The van der Waals surface area contributed by atoms with Crippen molar-refractivity contribution in [2.24, 2.45) is 0 Å². The lowest BCUT2D eigenvalue weighted by Gasteiger charge is -2.05. The molecular weight excluding hydrogens is 364 g/mol. The molecule has 0 spiro atoms. The van der Waals surface area contributed by atoms with E-state index in [1.807, 2.05) is 0 Å². The van der Waals surface area contributed by atoms with Gasteiger partial charge in [-0.15, -0.1) is 0 Å². The van der Waals surface area contributed by atoms with Gasteiger partial charge in [-0.1, -0.05) is 63.4 Å². The summed E-state index contributed by atoms with van der Waals surface area (Å²) in [5.74, 6) is 0. The number of para-hydroxylation sites is 1. The monoisotopic (exact) mass is 373 g/mol. The van der Waals surface area contributed by atoms with E-state index in [2.05, 4.69) is 63.4 Å². The number of nitrogens with two attached hydrogens (primary N) is 1. The van der Waals surface area contributed by atoms with Crippen LogP contribution in [0.15, 0.2) is 18.2 Å².